The number of benzene rings is 2. The van der Waals surface area contributed by atoms with Gasteiger partial charge in [0.1, 0.15) is 12.1 Å². The molecule has 9 heteroatoms. The summed E-state index contributed by atoms with van der Waals surface area (Å²) in [5, 5.41) is 10.4. The van der Waals surface area contributed by atoms with Gasteiger partial charge in [0, 0.05) is 54.8 Å². The third kappa shape index (κ3) is 4.95. The summed E-state index contributed by atoms with van der Waals surface area (Å²) in [4.78, 5) is 17.0. The Labute approximate surface area is 232 Å². The molecular formula is C31H31FN6O2. The first-order valence-corrected chi connectivity index (χ1v) is 14.0. The number of nitriles is 1. The molecule has 0 radical (unpaired) electrons. The van der Waals surface area contributed by atoms with Crippen LogP contribution >= 0.6 is 0 Å². The summed E-state index contributed by atoms with van der Waals surface area (Å²) < 4.78 is 26.2. The first-order valence-electron chi connectivity index (χ1n) is 14.0. The summed E-state index contributed by atoms with van der Waals surface area (Å²) >= 11 is 0. The number of anilines is 1. The Morgan fingerprint density at radius 3 is 2.85 bits per heavy atom. The van der Waals surface area contributed by atoms with Crippen LogP contribution in [-0.4, -0.2) is 52.6 Å². The van der Waals surface area contributed by atoms with Gasteiger partial charge in [-0.1, -0.05) is 6.07 Å². The van der Waals surface area contributed by atoms with Crippen LogP contribution in [0.5, 0.6) is 17.2 Å². The van der Waals surface area contributed by atoms with Gasteiger partial charge in [-0.05, 0) is 68.0 Å². The molecule has 3 fully saturated rings. The average molecular weight is 539 g/mol. The molecule has 40 heavy (non-hydrogen) atoms. The fourth-order valence-corrected chi connectivity index (χ4v) is 6.15. The Morgan fingerprint density at radius 1 is 1.07 bits per heavy atom. The number of halogens is 1. The second-order valence-electron chi connectivity index (χ2n) is 11.5. The van der Waals surface area contributed by atoms with E-state index < -0.39 is 0 Å². The molecule has 1 saturated carbocycles. The SMILES string of the molecule is N#Cc1ccc2c(CN3CCC4(CCN(c5ncncc5Oc5ccc(F)cc5OCC5CC5)C4)C3)c[nH]c2c1. The number of hydrogen-bond donors (Lipinski definition) is 1. The number of hydrogen-bond acceptors (Lipinski definition) is 7. The van der Waals surface area contributed by atoms with Crippen LogP contribution in [-0.2, 0) is 6.54 Å². The highest BCUT2D eigenvalue weighted by Crippen LogP contribution is 2.44. The second-order valence-corrected chi connectivity index (χ2v) is 11.5. The van der Waals surface area contributed by atoms with Crippen LogP contribution in [0.1, 0.15) is 36.8 Å². The molecule has 4 heterocycles. The molecule has 4 aromatic rings. The third-order valence-corrected chi connectivity index (χ3v) is 8.50. The minimum atomic E-state index is -0.352. The van der Waals surface area contributed by atoms with Crippen LogP contribution in [0.3, 0.4) is 0 Å². The maximum absolute atomic E-state index is 14.0. The van der Waals surface area contributed by atoms with Crippen molar-refractivity contribution in [1.82, 2.24) is 19.9 Å². The highest BCUT2D eigenvalue weighted by molar-refractivity contribution is 5.84. The molecule has 2 aliphatic heterocycles. The van der Waals surface area contributed by atoms with Gasteiger partial charge in [-0.2, -0.15) is 5.26 Å². The van der Waals surface area contributed by atoms with Crippen LogP contribution in [0.2, 0.25) is 0 Å². The molecule has 2 aromatic carbocycles. The maximum Gasteiger partial charge on any atom is 0.188 e. The molecule has 2 aromatic heterocycles. The standard InChI is InChI=1S/C31H31FN6O2/c32-24-4-6-27(28(12-24)39-17-21-1-2-21)40-29-15-34-20-36-30(29)38-10-8-31(19-38)7-9-37(18-31)16-23-14-35-26-11-22(13-33)3-5-25(23)26/h3-6,11-12,14-15,20-21,35H,1-2,7-10,16-19H2. The summed E-state index contributed by atoms with van der Waals surface area (Å²) in [5.41, 5.74) is 3.13. The monoisotopic (exact) mass is 538 g/mol. The lowest BCUT2D eigenvalue weighted by atomic mass is 9.86. The topological polar surface area (TPSA) is 90.3 Å². The van der Waals surface area contributed by atoms with Crippen LogP contribution in [0.15, 0.2) is 55.1 Å². The molecule has 1 atom stereocenters. The van der Waals surface area contributed by atoms with E-state index in [1.807, 2.05) is 18.2 Å². The van der Waals surface area contributed by atoms with Crippen molar-refractivity contribution in [3.63, 3.8) is 0 Å². The maximum atomic E-state index is 14.0. The molecule has 1 unspecified atom stereocenters. The molecule has 204 valence electrons. The van der Waals surface area contributed by atoms with Gasteiger partial charge in [0.15, 0.2) is 23.1 Å². The molecule has 7 rings (SSSR count). The van der Waals surface area contributed by atoms with E-state index in [4.69, 9.17) is 9.47 Å². The lowest BCUT2D eigenvalue weighted by Gasteiger charge is -2.26. The molecule has 1 spiro atoms. The van der Waals surface area contributed by atoms with Gasteiger partial charge < -0.3 is 19.4 Å². The lowest BCUT2D eigenvalue weighted by Crippen LogP contribution is -2.31. The van der Waals surface area contributed by atoms with Crippen molar-refractivity contribution in [3.8, 4) is 23.3 Å². The van der Waals surface area contributed by atoms with Crippen molar-refractivity contribution in [3.05, 3.63) is 72.1 Å². The fraction of sp³-hybridized carbons (Fsp3) is 0.387. The number of nitrogens with one attached hydrogen (secondary N) is 1. The minimum absolute atomic E-state index is 0.191. The van der Waals surface area contributed by atoms with Crippen molar-refractivity contribution in [2.24, 2.45) is 11.3 Å². The van der Waals surface area contributed by atoms with Gasteiger partial charge in [0.25, 0.3) is 0 Å². The molecule has 0 amide bonds. The van der Waals surface area contributed by atoms with Crippen molar-refractivity contribution in [1.29, 1.82) is 5.26 Å². The van der Waals surface area contributed by atoms with Gasteiger partial charge >= 0.3 is 0 Å². The van der Waals surface area contributed by atoms with E-state index in [1.54, 1.807) is 18.6 Å². The van der Waals surface area contributed by atoms with Crippen molar-refractivity contribution in [2.75, 3.05) is 37.7 Å². The van der Waals surface area contributed by atoms with Crippen LogP contribution in [0, 0.1) is 28.5 Å². The number of H-pyrrole nitrogens is 1. The zero-order chi connectivity index (χ0) is 27.1. The molecule has 1 aliphatic carbocycles. The minimum Gasteiger partial charge on any atom is -0.489 e. The molecule has 1 N–H and O–H groups in total. The van der Waals surface area contributed by atoms with E-state index in [0.29, 0.717) is 35.3 Å². The van der Waals surface area contributed by atoms with Crippen molar-refractivity contribution in [2.45, 2.75) is 32.2 Å². The predicted molar refractivity (Wildman–Crippen MR) is 149 cm³/mol. The fourth-order valence-electron chi connectivity index (χ4n) is 6.15. The number of nitrogens with zero attached hydrogens (tertiary/aromatic N) is 5. The van der Waals surface area contributed by atoms with Crippen molar-refractivity contribution < 1.29 is 13.9 Å². The Balaban J connectivity index is 1.04. The third-order valence-electron chi connectivity index (χ3n) is 8.50. The van der Waals surface area contributed by atoms with Crippen molar-refractivity contribution >= 4 is 16.7 Å². The predicted octanol–water partition coefficient (Wildman–Crippen LogP) is 5.65. The van der Waals surface area contributed by atoms with Crippen LogP contribution in [0.4, 0.5) is 10.2 Å². The zero-order valence-corrected chi connectivity index (χ0v) is 22.3. The van der Waals surface area contributed by atoms with E-state index >= 15 is 0 Å². The number of ether oxygens (including phenoxy) is 2. The van der Waals surface area contributed by atoms with E-state index in [2.05, 4.69) is 37.0 Å². The number of rotatable bonds is 8. The Hall–Kier alpha value is -4.16. The zero-order valence-electron chi connectivity index (χ0n) is 22.3. The summed E-state index contributed by atoms with van der Waals surface area (Å²) in [5.74, 6) is 2.38. The normalized spacial score (nSPS) is 20.9. The number of aromatic nitrogens is 3. The Morgan fingerprint density at radius 2 is 1.98 bits per heavy atom. The van der Waals surface area contributed by atoms with E-state index in [9.17, 15) is 9.65 Å². The number of likely N-dealkylation sites (tertiary alicyclic amines) is 1. The van der Waals surface area contributed by atoms with Gasteiger partial charge in [-0.25, -0.2) is 14.4 Å². The second kappa shape index (κ2) is 10.1. The molecule has 8 nitrogen and oxygen atoms in total. The van der Waals surface area contributed by atoms with Crippen LogP contribution in [0.25, 0.3) is 10.9 Å². The van der Waals surface area contributed by atoms with Gasteiger partial charge in [0.05, 0.1) is 24.4 Å². The smallest absolute Gasteiger partial charge is 0.188 e. The largest absolute Gasteiger partial charge is 0.489 e. The van der Waals surface area contributed by atoms with E-state index in [1.165, 1.54) is 23.1 Å². The molecular weight excluding hydrogens is 507 g/mol. The molecule has 0 bridgehead atoms. The summed E-state index contributed by atoms with van der Waals surface area (Å²) in [6.07, 6.45) is 9.82. The van der Waals surface area contributed by atoms with E-state index in [0.717, 1.165) is 69.7 Å². The lowest BCUT2D eigenvalue weighted by molar-refractivity contribution is 0.271. The first kappa shape index (κ1) is 24.9. The van der Waals surface area contributed by atoms with Gasteiger partial charge in [-0.15, -0.1) is 0 Å². The highest BCUT2D eigenvalue weighted by atomic mass is 19.1. The summed E-state index contributed by atoms with van der Waals surface area (Å²) in [6, 6.07) is 12.4. The first-order chi connectivity index (χ1) is 19.6. The molecule has 2 saturated heterocycles. The molecule has 3 aliphatic rings. The van der Waals surface area contributed by atoms with Crippen LogP contribution < -0.4 is 14.4 Å². The Kier molecular flexibility index (Phi) is 6.28. The highest BCUT2D eigenvalue weighted by Gasteiger charge is 2.44. The average Bonchev–Trinajstić information content (AvgIpc) is 3.39. The van der Waals surface area contributed by atoms with Gasteiger partial charge in [-0.3, -0.25) is 4.90 Å². The summed E-state index contributed by atoms with van der Waals surface area (Å²) in [6.45, 7) is 5.29. The number of fused-ring (bicyclic) bond motifs is 1. The number of aromatic amines is 1. The summed E-state index contributed by atoms with van der Waals surface area (Å²) in [7, 11) is 0. The Bertz CT molecular complexity index is 1590. The van der Waals surface area contributed by atoms with Gasteiger partial charge in [0.2, 0.25) is 0 Å². The quantitative estimate of drug-likeness (QED) is 0.310. The van der Waals surface area contributed by atoms with E-state index in [-0.39, 0.29) is 11.2 Å².